The van der Waals surface area contributed by atoms with Crippen LogP contribution in [0.3, 0.4) is 0 Å². The molecular formula is C16H23N3O. The highest BCUT2D eigenvalue weighted by atomic mass is 16.5. The summed E-state index contributed by atoms with van der Waals surface area (Å²) < 4.78 is 6.04. The Kier molecular flexibility index (Phi) is 3.81. The van der Waals surface area contributed by atoms with Gasteiger partial charge in [0.25, 0.3) is 0 Å². The van der Waals surface area contributed by atoms with Crippen LogP contribution in [0.1, 0.15) is 45.4 Å². The fraction of sp³-hybridized carbons (Fsp3) is 0.562. The number of nitrogen functional groups attached to an aromatic ring is 1. The minimum absolute atomic E-state index is 0.0352. The summed E-state index contributed by atoms with van der Waals surface area (Å²) in [7, 11) is 0. The molecule has 1 heterocycles. The van der Waals surface area contributed by atoms with Gasteiger partial charge in [0.05, 0.1) is 11.7 Å². The van der Waals surface area contributed by atoms with Gasteiger partial charge in [-0.3, -0.25) is 4.99 Å². The molecule has 1 saturated carbocycles. The summed E-state index contributed by atoms with van der Waals surface area (Å²) in [6, 6.07) is 6.16. The van der Waals surface area contributed by atoms with Crippen LogP contribution in [0.25, 0.3) is 0 Å². The zero-order valence-electron chi connectivity index (χ0n) is 12.1. The molecule has 1 aromatic rings. The lowest BCUT2D eigenvalue weighted by Crippen LogP contribution is -2.38. The number of benzene rings is 1. The van der Waals surface area contributed by atoms with Crippen LogP contribution < -0.4 is 15.8 Å². The molecule has 0 saturated heterocycles. The molecule has 0 aromatic heterocycles. The number of rotatable bonds is 2. The summed E-state index contributed by atoms with van der Waals surface area (Å²) in [6.07, 6.45) is 7.29. The number of nitrogens with two attached hydrogens (primary N) is 1. The molecule has 0 amide bonds. The van der Waals surface area contributed by atoms with E-state index >= 15 is 0 Å². The largest absolute Gasteiger partial charge is 0.480 e. The van der Waals surface area contributed by atoms with E-state index < -0.39 is 0 Å². The Morgan fingerprint density at radius 2 is 2.10 bits per heavy atom. The van der Waals surface area contributed by atoms with Crippen LogP contribution in [-0.2, 0) is 0 Å². The Hall–Kier alpha value is -1.71. The highest BCUT2D eigenvalue weighted by molar-refractivity contribution is 6.02. The zero-order valence-corrected chi connectivity index (χ0v) is 12.1. The van der Waals surface area contributed by atoms with Crippen LogP contribution in [0.4, 0.5) is 11.4 Å². The first-order valence-electron chi connectivity index (χ1n) is 7.67. The molecule has 108 valence electrons. The van der Waals surface area contributed by atoms with Gasteiger partial charge in [0, 0.05) is 5.69 Å². The second-order valence-electron chi connectivity index (χ2n) is 5.70. The highest BCUT2D eigenvalue weighted by Gasteiger charge is 2.25. The molecule has 3 rings (SSSR count). The predicted molar refractivity (Wildman–Crippen MR) is 83.5 cm³/mol. The molecule has 3 N–H and O–H groups in total. The van der Waals surface area contributed by atoms with Crippen molar-refractivity contribution in [2.45, 2.75) is 57.6 Å². The smallest absolute Gasteiger partial charge is 0.155 e. The van der Waals surface area contributed by atoms with Crippen molar-refractivity contribution in [1.82, 2.24) is 0 Å². The third-order valence-electron chi connectivity index (χ3n) is 4.11. The van der Waals surface area contributed by atoms with E-state index in [4.69, 9.17) is 15.5 Å². The number of anilines is 2. The molecule has 0 bridgehead atoms. The Balaban J connectivity index is 1.84. The molecular weight excluding hydrogens is 250 g/mol. The molecule has 1 aromatic carbocycles. The van der Waals surface area contributed by atoms with Crippen molar-refractivity contribution in [3.8, 4) is 5.75 Å². The number of amidine groups is 1. The summed E-state index contributed by atoms with van der Waals surface area (Å²) in [5, 5.41) is 3.43. The van der Waals surface area contributed by atoms with E-state index in [1.54, 1.807) is 0 Å². The summed E-state index contributed by atoms with van der Waals surface area (Å²) in [6.45, 7) is 2.13. The van der Waals surface area contributed by atoms with Gasteiger partial charge in [-0.15, -0.1) is 0 Å². The lowest BCUT2D eigenvalue weighted by Gasteiger charge is -2.30. The number of aliphatic imine (C=N–C) groups is 1. The van der Waals surface area contributed by atoms with Crippen molar-refractivity contribution in [2.75, 3.05) is 11.1 Å². The average Bonchev–Trinajstić information content (AvgIpc) is 2.47. The normalized spacial score (nSPS) is 24.9. The predicted octanol–water partition coefficient (Wildman–Crippen LogP) is 3.58. The number of hydrogen-bond acceptors (Lipinski definition) is 3. The van der Waals surface area contributed by atoms with Gasteiger partial charge in [-0.25, -0.2) is 0 Å². The number of ether oxygens (including phenoxy) is 1. The standard InChI is InChI=1S/C16H23N3O/c1-2-14-16(18-12-6-4-3-5-7-12)19-13-10-11(17)8-9-15(13)20-14/h8-10,12,14H,2-7,17H2,1H3,(H,18,19). The maximum atomic E-state index is 6.04. The molecule has 4 nitrogen and oxygen atoms in total. The van der Waals surface area contributed by atoms with Crippen molar-refractivity contribution >= 4 is 17.2 Å². The lowest BCUT2D eigenvalue weighted by molar-refractivity contribution is 0.257. The molecule has 0 radical (unpaired) electrons. The van der Waals surface area contributed by atoms with Crippen LogP contribution in [0, 0.1) is 0 Å². The third-order valence-corrected chi connectivity index (χ3v) is 4.11. The molecule has 20 heavy (non-hydrogen) atoms. The molecule has 0 spiro atoms. The number of hydrogen-bond donors (Lipinski definition) is 2. The Morgan fingerprint density at radius 1 is 1.30 bits per heavy atom. The van der Waals surface area contributed by atoms with E-state index in [0.29, 0.717) is 6.04 Å². The van der Waals surface area contributed by atoms with Crippen molar-refractivity contribution in [2.24, 2.45) is 4.99 Å². The summed E-state index contributed by atoms with van der Waals surface area (Å²) in [5.74, 6) is 1.84. The number of nitrogens with one attached hydrogen (secondary N) is 1. The molecule has 2 aliphatic rings. The average molecular weight is 273 g/mol. The second-order valence-corrected chi connectivity index (χ2v) is 5.70. The first-order valence-corrected chi connectivity index (χ1v) is 7.67. The molecule has 1 aliphatic carbocycles. The van der Waals surface area contributed by atoms with Crippen LogP contribution in [0.2, 0.25) is 0 Å². The van der Waals surface area contributed by atoms with Crippen LogP contribution in [-0.4, -0.2) is 18.0 Å². The van der Waals surface area contributed by atoms with E-state index in [2.05, 4.69) is 12.2 Å². The van der Waals surface area contributed by atoms with Gasteiger partial charge in [0.2, 0.25) is 0 Å². The van der Waals surface area contributed by atoms with Crippen molar-refractivity contribution in [3.05, 3.63) is 18.2 Å². The Morgan fingerprint density at radius 3 is 2.85 bits per heavy atom. The fourth-order valence-corrected chi connectivity index (χ4v) is 2.97. The van der Waals surface area contributed by atoms with Crippen molar-refractivity contribution < 1.29 is 4.74 Å². The molecule has 1 unspecified atom stereocenters. The zero-order chi connectivity index (χ0) is 13.9. The van der Waals surface area contributed by atoms with E-state index in [9.17, 15) is 0 Å². The summed E-state index contributed by atoms with van der Waals surface area (Å²) in [4.78, 5) is 4.92. The lowest BCUT2D eigenvalue weighted by atomic mass is 9.96. The topological polar surface area (TPSA) is 59.6 Å². The number of fused-ring (bicyclic) bond motifs is 1. The highest BCUT2D eigenvalue weighted by Crippen LogP contribution is 2.33. The van der Waals surface area contributed by atoms with E-state index in [1.807, 2.05) is 18.2 Å². The van der Waals surface area contributed by atoms with Gasteiger partial charge in [-0.2, -0.15) is 0 Å². The van der Waals surface area contributed by atoms with E-state index in [-0.39, 0.29) is 6.10 Å². The quantitative estimate of drug-likeness (QED) is 0.810. The minimum Gasteiger partial charge on any atom is -0.480 e. The maximum Gasteiger partial charge on any atom is 0.155 e. The van der Waals surface area contributed by atoms with Gasteiger partial charge in [0.15, 0.2) is 6.10 Å². The number of nitrogens with zero attached hydrogens (tertiary/aromatic N) is 1. The Bertz CT molecular complexity index is 506. The third kappa shape index (κ3) is 2.74. The molecule has 1 fully saturated rings. The Labute approximate surface area is 120 Å². The SMILES string of the molecule is CCC1Oc2ccc(N)cc2NC1=NC1CCCCC1. The maximum absolute atomic E-state index is 6.04. The first-order chi connectivity index (χ1) is 9.76. The summed E-state index contributed by atoms with van der Waals surface area (Å²) in [5.41, 5.74) is 7.52. The van der Waals surface area contributed by atoms with Crippen LogP contribution in [0.5, 0.6) is 5.75 Å². The van der Waals surface area contributed by atoms with Gasteiger partial charge in [-0.05, 0) is 37.5 Å². The van der Waals surface area contributed by atoms with E-state index in [1.165, 1.54) is 32.1 Å². The van der Waals surface area contributed by atoms with E-state index in [0.717, 1.165) is 29.4 Å². The minimum atomic E-state index is 0.0352. The van der Waals surface area contributed by atoms with Crippen LogP contribution in [0.15, 0.2) is 23.2 Å². The van der Waals surface area contributed by atoms with Crippen molar-refractivity contribution in [1.29, 1.82) is 0 Å². The van der Waals surface area contributed by atoms with Gasteiger partial charge < -0.3 is 15.8 Å². The van der Waals surface area contributed by atoms with Crippen LogP contribution >= 0.6 is 0 Å². The monoisotopic (exact) mass is 273 g/mol. The molecule has 1 atom stereocenters. The first kappa shape index (κ1) is 13.3. The molecule has 4 heteroatoms. The second kappa shape index (κ2) is 5.73. The van der Waals surface area contributed by atoms with Crippen molar-refractivity contribution in [3.63, 3.8) is 0 Å². The van der Waals surface area contributed by atoms with Gasteiger partial charge >= 0.3 is 0 Å². The van der Waals surface area contributed by atoms with Gasteiger partial charge in [0.1, 0.15) is 11.6 Å². The van der Waals surface area contributed by atoms with Gasteiger partial charge in [-0.1, -0.05) is 26.2 Å². The molecule has 1 aliphatic heterocycles. The summed E-state index contributed by atoms with van der Waals surface area (Å²) >= 11 is 0. The fourth-order valence-electron chi connectivity index (χ4n) is 2.97.